The standard InChI is InChI=1S/C13H15NO4/c1-17-10-4-2-3-9(7-10)11-8-14-12(18-11)5-6-13(15)16/h2-4,7,11H,5-6,8H2,1H3,(H,15,16). The van der Waals surface area contributed by atoms with Gasteiger partial charge in [0.2, 0.25) is 0 Å². The summed E-state index contributed by atoms with van der Waals surface area (Å²) in [4.78, 5) is 14.7. The maximum atomic E-state index is 10.5. The molecule has 1 atom stereocenters. The van der Waals surface area contributed by atoms with Crippen molar-refractivity contribution in [3.8, 4) is 5.75 Å². The third-order valence-electron chi connectivity index (χ3n) is 2.73. The predicted octanol–water partition coefficient (Wildman–Crippen LogP) is 2.03. The predicted molar refractivity (Wildman–Crippen MR) is 66.0 cm³/mol. The molecule has 1 aromatic carbocycles. The number of methoxy groups -OCH3 is 1. The molecule has 0 bridgehead atoms. The molecule has 2 rings (SSSR count). The maximum absolute atomic E-state index is 10.5. The van der Waals surface area contributed by atoms with E-state index in [1.165, 1.54) is 0 Å². The summed E-state index contributed by atoms with van der Waals surface area (Å²) in [6, 6.07) is 7.61. The molecule has 96 valence electrons. The van der Waals surface area contributed by atoms with Gasteiger partial charge in [0.25, 0.3) is 0 Å². The van der Waals surface area contributed by atoms with Crippen LogP contribution in [0.25, 0.3) is 0 Å². The van der Waals surface area contributed by atoms with Crippen LogP contribution in [0.15, 0.2) is 29.3 Å². The number of ether oxygens (including phenoxy) is 2. The number of carbonyl (C=O) groups is 1. The van der Waals surface area contributed by atoms with Crippen LogP contribution >= 0.6 is 0 Å². The van der Waals surface area contributed by atoms with Gasteiger partial charge in [0.05, 0.1) is 20.1 Å². The average Bonchev–Trinajstić information content (AvgIpc) is 2.85. The smallest absolute Gasteiger partial charge is 0.303 e. The lowest BCUT2D eigenvalue weighted by Crippen LogP contribution is -2.07. The van der Waals surface area contributed by atoms with Gasteiger partial charge in [0.1, 0.15) is 11.9 Å². The van der Waals surface area contributed by atoms with Crippen LogP contribution in [0.4, 0.5) is 0 Å². The highest BCUT2D eigenvalue weighted by atomic mass is 16.5. The highest BCUT2D eigenvalue weighted by molar-refractivity contribution is 5.81. The van der Waals surface area contributed by atoms with E-state index >= 15 is 0 Å². The van der Waals surface area contributed by atoms with Crippen molar-refractivity contribution in [3.63, 3.8) is 0 Å². The molecule has 0 saturated carbocycles. The normalized spacial score (nSPS) is 18.1. The Morgan fingerprint density at radius 3 is 3.17 bits per heavy atom. The summed E-state index contributed by atoms with van der Waals surface area (Å²) in [5, 5.41) is 8.60. The molecule has 0 aromatic heterocycles. The van der Waals surface area contributed by atoms with Crippen molar-refractivity contribution >= 4 is 11.9 Å². The van der Waals surface area contributed by atoms with Crippen LogP contribution in [0.2, 0.25) is 0 Å². The molecule has 1 aliphatic rings. The minimum atomic E-state index is -0.842. The third-order valence-corrected chi connectivity index (χ3v) is 2.73. The Bertz CT molecular complexity index is 470. The average molecular weight is 249 g/mol. The number of carboxylic acid groups (broad SMARTS) is 1. The Kier molecular flexibility index (Phi) is 3.82. The second kappa shape index (κ2) is 5.53. The molecule has 18 heavy (non-hydrogen) atoms. The Morgan fingerprint density at radius 2 is 2.44 bits per heavy atom. The van der Waals surface area contributed by atoms with Crippen LogP contribution in [0.3, 0.4) is 0 Å². The number of carboxylic acids is 1. The van der Waals surface area contributed by atoms with Crippen LogP contribution in [-0.2, 0) is 9.53 Å². The molecule has 1 unspecified atom stereocenters. The zero-order valence-electron chi connectivity index (χ0n) is 10.1. The summed E-state index contributed by atoms with van der Waals surface area (Å²) >= 11 is 0. The van der Waals surface area contributed by atoms with Crippen molar-refractivity contribution < 1.29 is 19.4 Å². The van der Waals surface area contributed by atoms with Gasteiger partial charge in [0, 0.05) is 6.42 Å². The Labute approximate surface area is 105 Å². The number of benzene rings is 1. The van der Waals surface area contributed by atoms with E-state index in [-0.39, 0.29) is 12.5 Å². The molecule has 0 fully saturated rings. The van der Waals surface area contributed by atoms with Crippen molar-refractivity contribution in [2.24, 2.45) is 4.99 Å². The van der Waals surface area contributed by atoms with Gasteiger partial charge in [-0.15, -0.1) is 0 Å². The van der Waals surface area contributed by atoms with E-state index in [1.807, 2.05) is 24.3 Å². The first kappa shape index (κ1) is 12.4. The van der Waals surface area contributed by atoms with E-state index in [0.29, 0.717) is 18.9 Å². The molecule has 0 radical (unpaired) electrons. The Morgan fingerprint density at radius 1 is 1.61 bits per heavy atom. The van der Waals surface area contributed by atoms with Gasteiger partial charge in [-0.25, -0.2) is 0 Å². The van der Waals surface area contributed by atoms with Gasteiger partial charge in [-0.1, -0.05) is 12.1 Å². The summed E-state index contributed by atoms with van der Waals surface area (Å²) in [7, 11) is 1.61. The molecule has 0 amide bonds. The molecular weight excluding hydrogens is 234 g/mol. The molecule has 1 N–H and O–H groups in total. The fourth-order valence-corrected chi connectivity index (χ4v) is 1.79. The summed E-state index contributed by atoms with van der Waals surface area (Å²) in [6.07, 6.45) is 0.253. The van der Waals surface area contributed by atoms with Gasteiger partial charge in [0.15, 0.2) is 5.90 Å². The number of aliphatic carboxylic acids is 1. The van der Waals surface area contributed by atoms with Crippen molar-refractivity contribution in [1.82, 2.24) is 0 Å². The van der Waals surface area contributed by atoms with Crippen molar-refractivity contribution in [2.45, 2.75) is 18.9 Å². The first-order chi connectivity index (χ1) is 8.69. The van der Waals surface area contributed by atoms with Gasteiger partial charge in [-0.3, -0.25) is 9.79 Å². The zero-order valence-corrected chi connectivity index (χ0v) is 10.1. The number of rotatable bonds is 5. The minimum absolute atomic E-state index is 0.0453. The van der Waals surface area contributed by atoms with E-state index in [4.69, 9.17) is 14.6 Å². The number of aliphatic imine (C=N–C) groups is 1. The molecule has 0 saturated heterocycles. The number of hydrogen-bond acceptors (Lipinski definition) is 4. The minimum Gasteiger partial charge on any atom is -0.497 e. The lowest BCUT2D eigenvalue weighted by atomic mass is 10.1. The van der Waals surface area contributed by atoms with Gasteiger partial charge in [-0.05, 0) is 17.7 Å². The van der Waals surface area contributed by atoms with E-state index in [2.05, 4.69) is 4.99 Å². The molecule has 0 spiro atoms. The third kappa shape index (κ3) is 3.00. The summed E-state index contributed by atoms with van der Waals surface area (Å²) in [5.74, 6) is 0.450. The molecule has 0 aliphatic carbocycles. The summed E-state index contributed by atoms with van der Waals surface area (Å²) in [5.41, 5.74) is 0.989. The van der Waals surface area contributed by atoms with Crippen LogP contribution in [0.5, 0.6) is 5.75 Å². The number of nitrogens with zero attached hydrogens (tertiary/aromatic N) is 1. The second-order valence-corrected chi connectivity index (χ2v) is 4.01. The number of hydrogen-bond donors (Lipinski definition) is 1. The lowest BCUT2D eigenvalue weighted by Gasteiger charge is -2.12. The summed E-state index contributed by atoms with van der Waals surface area (Å²) < 4.78 is 10.8. The first-order valence-corrected chi connectivity index (χ1v) is 5.75. The fourth-order valence-electron chi connectivity index (χ4n) is 1.79. The van der Waals surface area contributed by atoms with E-state index < -0.39 is 5.97 Å². The van der Waals surface area contributed by atoms with Crippen LogP contribution < -0.4 is 4.74 Å². The van der Waals surface area contributed by atoms with E-state index in [0.717, 1.165) is 11.3 Å². The largest absolute Gasteiger partial charge is 0.497 e. The topological polar surface area (TPSA) is 68.1 Å². The van der Waals surface area contributed by atoms with Crippen molar-refractivity contribution in [3.05, 3.63) is 29.8 Å². The zero-order chi connectivity index (χ0) is 13.0. The quantitative estimate of drug-likeness (QED) is 0.867. The summed E-state index contributed by atoms with van der Waals surface area (Å²) in [6.45, 7) is 0.530. The highest BCUT2D eigenvalue weighted by Gasteiger charge is 2.22. The highest BCUT2D eigenvalue weighted by Crippen LogP contribution is 2.26. The van der Waals surface area contributed by atoms with Crippen LogP contribution in [-0.4, -0.2) is 30.6 Å². The SMILES string of the molecule is COc1cccc(C2CN=C(CCC(=O)O)O2)c1. The molecule has 5 nitrogen and oxygen atoms in total. The molecule has 1 heterocycles. The molecule has 1 aromatic rings. The van der Waals surface area contributed by atoms with Crippen LogP contribution in [0, 0.1) is 0 Å². The molecule has 1 aliphatic heterocycles. The van der Waals surface area contributed by atoms with Gasteiger partial charge in [-0.2, -0.15) is 0 Å². The molecule has 5 heteroatoms. The van der Waals surface area contributed by atoms with Crippen molar-refractivity contribution in [2.75, 3.05) is 13.7 Å². The fraction of sp³-hybridized carbons (Fsp3) is 0.385. The Balaban J connectivity index is 1.95. The van der Waals surface area contributed by atoms with Crippen LogP contribution in [0.1, 0.15) is 24.5 Å². The van der Waals surface area contributed by atoms with Crippen molar-refractivity contribution in [1.29, 1.82) is 0 Å². The van der Waals surface area contributed by atoms with E-state index in [9.17, 15) is 4.79 Å². The lowest BCUT2D eigenvalue weighted by molar-refractivity contribution is -0.136. The monoisotopic (exact) mass is 249 g/mol. The Hall–Kier alpha value is -2.04. The van der Waals surface area contributed by atoms with Gasteiger partial charge < -0.3 is 14.6 Å². The van der Waals surface area contributed by atoms with E-state index in [1.54, 1.807) is 7.11 Å². The second-order valence-electron chi connectivity index (χ2n) is 4.01. The first-order valence-electron chi connectivity index (χ1n) is 5.75. The van der Waals surface area contributed by atoms with Gasteiger partial charge >= 0.3 is 5.97 Å². The molecular formula is C13H15NO4. The maximum Gasteiger partial charge on any atom is 0.303 e.